The second-order valence-corrected chi connectivity index (χ2v) is 11.3. The summed E-state index contributed by atoms with van der Waals surface area (Å²) < 4.78 is 26.7. The molecule has 1 aliphatic rings. The molecule has 4 aromatic rings. The average Bonchev–Trinajstić information content (AvgIpc) is 3.07. The van der Waals surface area contributed by atoms with Crippen LogP contribution in [0.1, 0.15) is 42.0 Å². The minimum atomic E-state index is -0.268. The Morgan fingerprint density at radius 1 is 0.558 bits per heavy atom. The first-order chi connectivity index (χ1) is 21.3. The number of ether oxygens (including phenoxy) is 4. The van der Waals surface area contributed by atoms with Crippen LogP contribution < -0.4 is 0 Å². The van der Waals surface area contributed by atoms with Gasteiger partial charge in [0.1, 0.15) is 12.2 Å². The van der Waals surface area contributed by atoms with E-state index in [9.17, 15) is 0 Å². The van der Waals surface area contributed by atoms with Crippen molar-refractivity contribution < 1.29 is 18.9 Å². The normalized spacial score (nSPS) is 20.7. The zero-order chi connectivity index (χ0) is 29.5. The SMILES string of the molecule is CCCCN1C[C@H](OCc2ccccc2)[C@@H](OCc2ccccc2)[C@@H](OCc2ccccc2)[C@@H]1COCc1ccccc1. The van der Waals surface area contributed by atoms with Crippen LogP contribution in [0.2, 0.25) is 0 Å². The number of rotatable bonds is 16. The Kier molecular flexibility index (Phi) is 12.4. The number of hydrogen-bond donors (Lipinski definition) is 0. The highest BCUT2D eigenvalue weighted by molar-refractivity contribution is 5.16. The van der Waals surface area contributed by atoms with Gasteiger partial charge < -0.3 is 18.9 Å². The molecule has 0 N–H and O–H groups in total. The van der Waals surface area contributed by atoms with E-state index in [1.165, 1.54) is 5.56 Å². The lowest BCUT2D eigenvalue weighted by Crippen LogP contribution is -2.64. The Hall–Kier alpha value is -3.32. The van der Waals surface area contributed by atoms with Crippen molar-refractivity contribution in [2.24, 2.45) is 0 Å². The summed E-state index contributed by atoms with van der Waals surface area (Å²) in [5.41, 5.74) is 4.60. The third kappa shape index (κ3) is 9.59. The largest absolute Gasteiger partial charge is 0.375 e. The molecule has 0 unspecified atom stereocenters. The monoisotopic (exact) mass is 579 g/mol. The molecule has 0 bridgehead atoms. The fourth-order valence-corrected chi connectivity index (χ4v) is 5.67. The Bertz CT molecular complexity index is 1290. The molecule has 0 radical (unpaired) electrons. The van der Waals surface area contributed by atoms with Gasteiger partial charge in [0.25, 0.3) is 0 Å². The Labute approximate surface area is 257 Å². The minimum Gasteiger partial charge on any atom is -0.375 e. The van der Waals surface area contributed by atoms with Crippen LogP contribution in [0.25, 0.3) is 0 Å². The first-order valence-electron chi connectivity index (χ1n) is 15.6. The van der Waals surface area contributed by atoms with Gasteiger partial charge in [-0.1, -0.05) is 135 Å². The van der Waals surface area contributed by atoms with Crippen LogP contribution in [0.3, 0.4) is 0 Å². The second-order valence-electron chi connectivity index (χ2n) is 11.3. The maximum absolute atomic E-state index is 6.85. The van der Waals surface area contributed by atoms with Gasteiger partial charge in [0.05, 0.1) is 45.2 Å². The van der Waals surface area contributed by atoms with E-state index >= 15 is 0 Å². The molecule has 1 saturated heterocycles. The van der Waals surface area contributed by atoms with E-state index in [-0.39, 0.29) is 24.4 Å². The molecule has 4 aromatic carbocycles. The predicted octanol–water partition coefficient (Wildman–Crippen LogP) is 7.44. The van der Waals surface area contributed by atoms with E-state index in [4.69, 9.17) is 18.9 Å². The summed E-state index contributed by atoms with van der Waals surface area (Å²) in [6, 6.07) is 41.5. The summed E-state index contributed by atoms with van der Waals surface area (Å²) in [5.74, 6) is 0. The highest BCUT2D eigenvalue weighted by atomic mass is 16.6. The molecule has 0 spiro atoms. The van der Waals surface area contributed by atoms with Crippen LogP contribution in [-0.4, -0.2) is 49.0 Å². The van der Waals surface area contributed by atoms with Gasteiger partial charge in [-0.15, -0.1) is 0 Å². The summed E-state index contributed by atoms with van der Waals surface area (Å²) in [6.45, 7) is 6.59. The Morgan fingerprint density at radius 2 is 1.00 bits per heavy atom. The number of benzene rings is 4. The van der Waals surface area contributed by atoms with Crippen LogP contribution in [0.15, 0.2) is 121 Å². The highest BCUT2D eigenvalue weighted by Crippen LogP contribution is 2.29. The number of unbranched alkanes of at least 4 members (excludes halogenated alkanes) is 1. The molecule has 1 heterocycles. The molecule has 1 aliphatic heterocycles. The summed E-state index contributed by atoms with van der Waals surface area (Å²) in [5, 5.41) is 0. The van der Waals surface area contributed by atoms with Gasteiger partial charge in [-0.2, -0.15) is 0 Å². The number of nitrogens with zero attached hydrogens (tertiary/aromatic N) is 1. The van der Waals surface area contributed by atoms with Crippen LogP contribution in [0, 0.1) is 0 Å². The molecule has 5 rings (SSSR count). The van der Waals surface area contributed by atoms with Crippen molar-refractivity contribution in [2.75, 3.05) is 19.7 Å². The van der Waals surface area contributed by atoms with E-state index in [0.717, 1.165) is 42.6 Å². The third-order valence-electron chi connectivity index (χ3n) is 8.03. The Balaban J connectivity index is 1.41. The number of hydrogen-bond acceptors (Lipinski definition) is 5. The molecule has 0 saturated carbocycles. The zero-order valence-corrected chi connectivity index (χ0v) is 25.3. The highest BCUT2D eigenvalue weighted by Gasteiger charge is 2.46. The molecule has 4 atom stereocenters. The van der Waals surface area contributed by atoms with Crippen LogP contribution in [0.5, 0.6) is 0 Å². The minimum absolute atomic E-state index is 0.0244. The third-order valence-corrected chi connectivity index (χ3v) is 8.03. The van der Waals surface area contributed by atoms with Crippen molar-refractivity contribution in [3.05, 3.63) is 144 Å². The van der Waals surface area contributed by atoms with Crippen molar-refractivity contribution in [1.29, 1.82) is 0 Å². The van der Waals surface area contributed by atoms with Crippen LogP contribution in [-0.2, 0) is 45.4 Å². The first kappa shape index (κ1) is 31.1. The van der Waals surface area contributed by atoms with E-state index in [0.29, 0.717) is 33.0 Å². The van der Waals surface area contributed by atoms with Gasteiger partial charge in [0.15, 0.2) is 0 Å². The molecule has 0 aromatic heterocycles. The smallest absolute Gasteiger partial charge is 0.113 e. The average molecular weight is 580 g/mol. The molecular formula is C38H45NO4. The molecular weight excluding hydrogens is 534 g/mol. The predicted molar refractivity (Wildman–Crippen MR) is 171 cm³/mol. The topological polar surface area (TPSA) is 40.2 Å². The molecule has 0 aliphatic carbocycles. The molecule has 43 heavy (non-hydrogen) atoms. The lowest BCUT2D eigenvalue weighted by atomic mass is 9.92. The van der Waals surface area contributed by atoms with Gasteiger partial charge in [-0.05, 0) is 35.2 Å². The van der Waals surface area contributed by atoms with Crippen LogP contribution >= 0.6 is 0 Å². The second kappa shape index (κ2) is 17.1. The lowest BCUT2D eigenvalue weighted by molar-refractivity contribution is -0.210. The number of piperidine rings is 1. The van der Waals surface area contributed by atoms with Gasteiger partial charge in [0, 0.05) is 6.54 Å². The molecule has 5 nitrogen and oxygen atoms in total. The van der Waals surface area contributed by atoms with E-state index in [1.54, 1.807) is 0 Å². The Morgan fingerprint density at radius 3 is 1.49 bits per heavy atom. The summed E-state index contributed by atoms with van der Waals surface area (Å²) in [4.78, 5) is 2.52. The van der Waals surface area contributed by atoms with Gasteiger partial charge in [-0.3, -0.25) is 4.90 Å². The van der Waals surface area contributed by atoms with Crippen molar-refractivity contribution in [2.45, 2.75) is 70.5 Å². The van der Waals surface area contributed by atoms with E-state index < -0.39 is 0 Å². The van der Waals surface area contributed by atoms with E-state index in [1.807, 2.05) is 24.3 Å². The standard InChI is InChI=1S/C38H45NO4/c1-2-3-24-39-25-36(41-27-32-18-10-5-11-19-32)38(43-29-34-22-14-7-15-23-34)37(42-28-33-20-12-6-13-21-33)35(39)30-40-26-31-16-8-4-9-17-31/h4-23,35-38H,2-3,24-30H2,1H3/t35-,36-,37-,38+/m0/s1. The summed E-state index contributed by atoms with van der Waals surface area (Å²) in [7, 11) is 0. The van der Waals surface area contributed by atoms with Crippen LogP contribution in [0.4, 0.5) is 0 Å². The number of likely N-dealkylation sites (tertiary alicyclic amines) is 1. The molecule has 1 fully saturated rings. The maximum Gasteiger partial charge on any atom is 0.113 e. The lowest BCUT2D eigenvalue weighted by Gasteiger charge is -2.48. The maximum atomic E-state index is 6.85. The van der Waals surface area contributed by atoms with Gasteiger partial charge >= 0.3 is 0 Å². The van der Waals surface area contributed by atoms with Gasteiger partial charge in [-0.25, -0.2) is 0 Å². The molecule has 5 heteroatoms. The summed E-state index contributed by atoms with van der Waals surface area (Å²) in [6.07, 6.45) is 1.54. The quantitative estimate of drug-likeness (QED) is 0.138. The fourth-order valence-electron chi connectivity index (χ4n) is 5.67. The van der Waals surface area contributed by atoms with E-state index in [2.05, 4.69) is 109 Å². The van der Waals surface area contributed by atoms with Crippen molar-refractivity contribution in [3.8, 4) is 0 Å². The van der Waals surface area contributed by atoms with Crippen molar-refractivity contribution in [1.82, 2.24) is 4.90 Å². The van der Waals surface area contributed by atoms with Crippen molar-refractivity contribution in [3.63, 3.8) is 0 Å². The van der Waals surface area contributed by atoms with Crippen molar-refractivity contribution >= 4 is 0 Å². The zero-order valence-electron chi connectivity index (χ0n) is 25.3. The first-order valence-corrected chi connectivity index (χ1v) is 15.6. The summed E-state index contributed by atoms with van der Waals surface area (Å²) >= 11 is 0. The van der Waals surface area contributed by atoms with Gasteiger partial charge in [0.2, 0.25) is 0 Å². The molecule has 0 amide bonds. The molecule has 226 valence electrons. The fraction of sp³-hybridized carbons (Fsp3) is 0.368.